The predicted molar refractivity (Wildman–Crippen MR) is 91.7 cm³/mol. The van der Waals surface area contributed by atoms with Gasteiger partial charge in [-0.25, -0.2) is 4.98 Å². The van der Waals surface area contributed by atoms with Crippen molar-refractivity contribution < 1.29 is 0 Å². The Morgan fingerprint density at radius 1 is 1.00 bits per heavy atom. The molecule has 0 fully saturated rings. The summed E-state index contributed by atoms with van der Waals surface area (Å²) in [6.45, 7) is 8.35. The fraction of sp³-hybridized carbons (Fsp3) is 0.211. The Labute approximate surface area is 124 Å². The quantitative estimate of drug-likeness (QED) is 0.665. The molecule has 3 aromatic rings. The molecule has 3 rings (SSSR count). The molecule has 0 atom stereocenters. The van der Waals surface area contributed by atoms with E-state index in [9.17, 15) is 0 Å². The number of pyridine rings is 1. The van der Waals surface area contributed by atoms with Crippen molar-refractivity contribution in [2.24, 2.45) is 0 Å². The van der Waals surface area contributed by atoms with Gasteiger partial charge >= 0.3 is 0 Å². The fourth-order valence-electron chi connectivity index (χ4n) is 3.07. The van der Waals surface area contributed by atoms with Gasteiger partial charge in [0, 0.05) is 16.3 Å². The minimum atomic E-state index is 1.04. The second-order valence-corrected chi connectivity index (χ2v) is 5.16. The van der Waals surface area contributed by atoms with Gasteiger partial charge in [-0.3, -0.25) is 4.40 Å². The fourth-order valence-corrected chi connectivity index (χ4v) is 3.07. The van der Waals surface area contributed by atoms with Crippen LogP contribution in [-0.4, -0.2) is 9.38 Å². The third-order valence-electron chi connectivity index (χ3n) is 4.01. The van der Waals surface area contributed by atoms with Gasteiger partial charge in [-0.2, -0.15) is 0 Å². The Hall–Kier alpha value is -2.35. The van der Waals surface area contributed by atoms with Gasteiger partial charge in [0.05, 0.1) is 11.0 Å². The van der Waals surface area contributed by atoms with Crippen molar-refractivity contribution in [3.05, 3.63) is 52.3 Å². The SMILES string of the molecule is C/C=C\c1nc2c3ccccc3c(=C/C)/c(=C\C)n2c1C. The van der Waals surface area contributed by atoms with E-state index >= 15 is 0 Å². The van der Waals surface area contributed by atoms with E-state index in [1.54, 1.807) is 0 Å². The summed E-state index contributed by atoms with van der Waals surface area (Å²) >= 11 is 0. The van der Waals surface area contributed by atoms with Gasteiger partial charge in [0.25, 0.3) is 0 Å². The van der Waals surface area contributed by atoms with Crippen LogP contribution in [0.2, 0.25) is 0 Å². The Balaban J connectivity index is 2.73. The average Bonchev–Trinajstić information content (AvgIpc) is 2.84. The van der Waals surface area contributed by atoms with E-state index in [2.05, 4.69) is 67.7 Å². The lowest BCUT2D eigenvalue weighted by atomic mass is 10.1. The minimum absolute atomic E-state index is 1.04. The third-order valence-corrected chi connectivity index (χ3v) is 4.01. The number of benzene rings is 1. The van der Waals surface area contributed by atoms with Crippen LogP contribution < -0.4 is 10.6 Å². The lowest BCUT2D eigenvalue weighted by Crippen LogP contribution is -2.32. The van der Waals surface area contributed by atoms with Crippen LogP contribution in [0.15, 0.2) is 30.3 Å². The second-order valence-electron chi connectivity index (χ2n) is 5.16. The Morgan fingerprint density at radius 2 is 1.71 bits per heavy atom. The lowest BCUT2D eigenvalue weighted by Gasteiger charge is -2.06. The van der Waals surface area contributed by atoms with Crippen molar-refractivity contribution in [2.45, 2.75) is 27.7 Å². The largest absolute Gasteiger partial charge is 0.296 e. The molecular weight excluding hydrogens is 256 g/mol. The van der Waals surface area contributed by atoms with Gasteiger partial charge in [-0.05, 0) is 39.2 Å². The summed E-state index contributed by atoms with van der Waals surface area (Å²) < 4.78 is 2.27. The molecule has 0 unspecified atom stereocenters. The van der Waals surface area contributed by atoms with Gasteiger partial charge in [0.2, 0.25) is 0 Å². The van der Waals surface area contributed by atoms with Gasteiger partial charge in [-0.15, -0.1) is 0 Å². The number of nitrogens with zero attached hydrogens (tertiary/aromatic N) is 2. The minimum Gasteiger partial charge on any atom is -0.296 e. The zero-order chi connectivity index (χ0) is 15.0. The molecule has 0 aliphatic heterocycles. The molecule has 0 radical (unpaired) electrons. The molecule has 0 N–H and O–H groups in total. The molecule has 1 aromatic carbocycles. The highest BCUT2D eigenvalue weighted by molar-refractivity contribution is 5.95. The number of allylic oxidation sites excluding steroid dienone is 1. The maximum atomic E-state index is 4.86. The molecule has 0 saturated carbocycles. The summed E-state index contributed by atoms with van der Waals surface area (Å²) in [5.41, 5.74) is 3.26. The van der Waals surface area contributed by atoms with Crippen molar-refractivity contribution in [3.8, 4) is 0 Å². The van der Waals surface area contributed by atoms with Gasteiger partial charge in [0.15, 0.2) is 0 Å². The molecule has 2 heteroatoms. The van der Waals surface area contributed by atoms with E-state index in [1.165, 1.54) is 27.0 Å². The molecule has 0 spiro atoms. The number of imidazole rings is 1. The maximum absolute atomic E-state index is 4.86. The molecule has 0 amide bonds. The van der Waals surface area contributed by atoms with Crippen LogP contribution in [-0.2, 0) is 0 Å². The molecule has 2 nitrogen and oxygen atoms in total. The van der Waals surface area contributed by atoms with Crippen molar-refractivity contribution >= 4 is 34.6 Å². The average molecular weight is 276 g/mol. The van der Waals surface area contributed by atoms with E-state index in [0.29, 0.717) is 0 Å². The van der Waals surface area contributed by atoms with Gasteiger partial charge in [0.1, 0.15) is 5.65 Å². The topological polar surface area (TPSA) is 17.3 Å². The van der Waals surface area contributed by atoms with Gasteiger partial charge in [-0.1, -0.05) is 42.5 Å². The smallest absolute Gasteiger partial charge is 0.146 e. The number of hydrogen-bond acceptors (Lipinski definition) is 1. The normalized spacial score (nSPS) is 14.1. The Morgan fingerprint density at radius 3 is 2.33 bits per heavy atom. The van der Waals surface area contributed by atoms with Gasteiger partial charge < -0.3 is 0 Å². The number of aryl methyl sites for hydroxylation is 1. The second kappa shape index (κ2) is 5.21. The summed E-state index contributed by atoms with van der Waals surface area (Å²) in [6, 6.07) is 8.50. The van der Waals surface area contributed by atoms with Crippen LogP contribution in [0.25, 0.3) is 34.6 Å². The summed E-state index contributed by atoms with van der Waals surface area (Å²) in [6.07, 6.45) is 8.47. The predicted octanol–water partition coefficient (Wildman–Crippen LogP) is 3.43. The van der Waals surface area contributed by atoms with Crippen LogP contribution in [0, 0.1) is 6.92 Å². The van der Waals surface area contributed by atoms with Crippen molar-refractivity contribution in [3.63, 3.8) is 0 Å². The third kappa shape index (κ3) is 1.90. The van der Waals surface area contributed by atoms with E-state index in [0.717, 1.165) is 11.3 Å². The highest BCUT2D eigenvalue weighted by Gasteiger charge is 2.11. The molecule has 0 aliphatic carbocycles. The van der Waals surface area contributed by atoms with Crippen LogP contribution >= 0.6 is 0 Å². The van der Waals surface area contributed by atoms with E-state index in [4.69, 9.17) is 4.98 Å². The number of fused-ring (bicyclic) bond motifs is 3. The molecule has 2 heterocycles. The first-order valence-corrected chi connectivity index (χ1v) is 7.38. The van der Waals surface area contributed by atoms with E-state index in [-0.39, 0.29) is 0 Å². The molecule has 21 heavy (non-hydrogen) atoms. The number of aromatic nitrogens is 2. The molecule has 0 saturated heterocycles. The summed E-state index contributed by atoms with van der Waals surface area (Å²) in [5, 5.41) is 4.95. The lowest BCUT2D eigenvalue weighted by molar-refractivity contribution is 1.05. The zero-order valence-corrected chi connectivity index (χ0v) is 13.0. The summed E-state index contributed by atoms with van der Waals surface area (Å²) in [5.74, 6) is 0. The highest BCUT2D eigenvalue weighted by Crippen LogP contribution is 2.18. The summed E-state index contributed by atoms with van der Waals surface area (Å²) in [7, 11) is 0. The van der Waals surface area contributed by atoms with Crippen molar-refractivity contribution in [1.82, 2.24) is 9.38 Å². The standard InChI is InChI=1S/C19H20N2/c1-5-10-17-13(4)21-18(7-3)14(6-2)15-11-8-9-12-16(15)19(21)20-17/h5-12H,1-4H3/b10-5-,14-6-,18-7+. The molecule has 0 aliphatic rings. The first-order valence-electron chi connectivity index (χ1n) is 7.38. The van der Waals surface area contributed by atoms with Crippen molar-refractivity contribution in [1.29, 1.82) is 0 Å². The first-order chi connectivity index (χ1) is 10.2. The molecular formula is C19H20N2. The first kappa shape index (κ1) is 13.6. The monoisotopic (exact) mass is 276 g/mol. The zero-order valence-electron chi connectivity index (χ0n) is 13.0. The van der Waals surface area contributed by atoms with E-state index in [1.807, 2.05) is 13.0 Å². The van der Waals surface area contributed by atoms with Crippen molar-refractivity contribution in [2.75, 3.05) is 0 Å². The molecule has 2 aromatic heterocycles. The molecule has 106 valence electrons. The maximum Gasteiger partial charge on any atom is 0.146 e. The highest BCUT2D eigenvalue weighted by atomic mass is 15.0. The van der Waals surface area contributed by atoms with E-state index < -0.39 is 0 Å². The number of hydrogen-bond donors (Lipinski definition) is 0. The van der Waals surface area contributed by atoms with Crippen LogP contribution in [0.1, 0.15) is 32.2 Å². The van der Waals surface area contributed by atoms with Crippen LogP contribution in [0.3, 0.4) is 0 Å². The summed E-state index contributed by atoms with van der Waals surface area (Å²) in [4.78, 5) is 4.86. The Kier molecular flexibility index (Phi) is 3.38. The Bertz CT molecular complexity index is 972. The van der Waals surface area contributed by atoms with Crippen LogP contribution in [0.4, 0.5) is 0 Å². The number of rotatable bonds is 1. The molecule has 0 bridgehead atoms. The van der Waals surface area contributed by atoms with Crippen LogP contribution in [0.5, 0.6) is 0 Å².